The molecule has 2 aromatic heterocycles. The molecule has 4 N–H and O–H groups in total. The third kappa shape index (κ3) is 14.9. The Morgan fingerprint density at radius 1 is 0.872 bits per heavy atom. The van der Waals surface area contributed by atoms with E-state index < -0.39 is 16.6 Å². The number of aliphatic hydroxyl groups is 2. The molecule has 15 nitrogen and oxygen atoms in total. The van der Waals surface area contributed by atoms with Gasteiger partial charge in [-0.3, -0.25) is 28.4 Å². The van der Waals surface area contributed by atoms with Crippen LogP contribution in [-0.4, -0.2) is 109 Å². The highest BCUT2D eigenvalue weighted by atomic mass is 16.5. The van der Waals surface area contributed by atoms with Crippen LogP contribution >= 0.6 is 0 Å². The Balaban J connectivity index is 0.636. The predicted octanol–water partition coefficient (Wildman–Crippen LogP) is 11.9. The van der Waals surface area contributed by atoms with Crippen LogP contribution in [0.4, 0.5) is 0 Å². The first kappa shape index (κ1) is 65.2. The third-order valence-corrected chi connectivity index (χ3v) is 22.4. The van der Waals surface area contributed by atoms with E-state index in [1.165, 1.54) is 55.8 Å². The van der Waals surface area contributed by atoms with Crippen LogP contribution in [-0.2, 0) is 44.0 Å². The normalized spacial score (nSPS) is 26.3. The zero-order chi connectivity index (χ0) is 61.6. The Morgan fingerprint density at radius 2 is 1.62 bits per heavy atom. The van der Waals surface area contributed by atoms with Gasteiger partial charge < -0.3 is 35.2 Å². The van der Waals surface area contributed by atoms with Crippen molar-refractivity contribution in [3.05, 3.63) is 94.1 Å². The first-order valence-corrected chi connectivity index (χ1v) is 33.2. The Hall–Kier alpha value is -5.22. The van der Waals surface area contributed by atoms with Crippen LogP contribution in [0.3, 0.4) is 0 Å². The molecule has 0 bridgehead atoms. The van der Waals surface area contributed by atoms with E-state index >= 15 is 0 Å². The van der Waals surface area contributed by atoms with Gasteiger partial charge in [0, 0.05) is 63.8 Å². The van der Waals surface area contributed by atoms with Gasteiger partial charge in [-0.25, -0.2) is 4.98 Å². The standard InChI is InChI=1S/C71H105N7O8/c1-11-68(7,66(83)73-43-51-21-23-53(24-22-51)64-62-63(75-76(64)10)65(82)78(47-74-62)46-71(84)34-38-77(39-35-71)61(81)41-50(4)52-19-13-12-14-20-52)36-40-86-67(5,6)31-16-37-72-60(80)45-85-44-48(2)17-15-18-49(3)57-27-28-58-56-26-25-54-42-55(79)29-32-69(54,8)59(56)30-33-70(57,58)9/h12-14,19-25,47-50,55-59,79,84H,11,15-18,26-46H2,1-10H3,(H,72,80)(H,73,83)/t48?,49-,50+,55+,56+,57-,58+,59+,68?,69+,70-/m0/s1. The quantitative estimate of drug-likeness (QED) is 0.0330. The summed E-state index contributed by atoms with van der Waals surface area (Å²) >= 11 is 0. The van der Waals surface area contributed by atoms with E-state index in [9.17, 15) is 29.4 Å². The van der Waals surface area contributed by atoms with Crippen molar-refractivity contribution in [2.45, 2.75) is 214 Å². The van der Waals surface area contributed by atoms with Gasteiger partial charge in [-0.1, -0.05) is 128 Å². The van der Waals surface area contributed by atoms with Crippen LogP contribution in [0.25, 0.3) is 22.3 Å². The molecule has 3 amide bonds. The molecule has 9 rings (SSSR count). The highest BCUT2D eigenvalue weighted by Gasteiger charge is 2.59. The molecule has 472 valence electrons. The van der Waals surface area contributed by atoms with Gasteiger partial charge in [-0.15, -0.1) is 0 Å². The average molecular weight is 1180 g/mol. The summed E-state index contributed by atoms with van der Waals surface area (Å²) in [6.45, 7) is 23.0. The van der Waals surface area contributed by atoms with Crippen molar-refractivity contribution in [1.82, 2.24) is 34.9 Å². The Kier molecular flexibility index (Phi) is 21.0. The highest BCUT2D eigenvalue weighted by Crippen LogP contribution is 2.67. The summed E-state index contributed by atoms with van der Waals surface area (Å²) in [6, 6.07) is 17.8. The van der Waals surface area contributed by atoms with Crippen molar-refractivity contribution in [2.75, 3.05) is 39.5 Å². The highest BCUT2D eigenvalue weighted by molar-refractivity contribution is 5.89. The predicted molar refractivity (Wildman–Crippen MR) is 340 cm³/mol. The fourth-order valence-electron chi connectivity index (χ4n) is 16.6. The van der Waals surface area contributed by atoms with E-state index in [0.717, 1.165) is 84.8 Å². The van der Waals surface area contributed by atoms with Gasteiger partial charge >= 0.3 is 0 Å². The molecule has 0 radical (unpaired) electrons. The molecule has 3 saturated carbocycles. The first-order valence-electron chi connectivity index (χ1n) is 33.2. The maximum Gasteiger partial charge on any atom is 0.281 e. The van der Waals surface area contributed by atoms with Gasteiger partial charge in [0.05, 0.1) is 35.9 Å². The number of aryl methyl sites for hydroxylation is 1. The summed E-state index contributed by atoms with van der Waals surface area (Å²) in [6.07, 6.45) is 21.0. The number of benzene rings is 2. The van der Waals surface area contributed by atoms with Crippen molar-refractivity contribution >= 4 is 28.8 Å². The number of piperidine rings is 1. The Labute approximate surface area is 513 Å². The third-order valence-electron chi connectivity index (χ3n) is 22.4. The maximum absolute atomic E-state index is 13.8. The summed E-state index contributed by atoms with van der Waals surface area (Å²) in [5.74, 6) is 4.39. The number of nitrogens with zero attached hydrogens (tertiary/aromatic N) is 5. The van der Waals surface area contributed by atoms with Crippen LogP contribution in [0.15, 0.2) is 77.4 Å². The Bertz CT molecular complexity index is 3040. The largest absolute Gasteiger partial charge is 0.393 e. The molecule has 3 heterocycles. The maximum atomic E-state index is 13.8. The number of hydrogen-bond donors (Lipinski definition) is 4. The molecule has 86 heavy (non-hydrogen) atoms. The molecule has 15 heteroatoms. The van der Waals surface area contributed by atoms with Crippen LogP contribution < -0.4 is 16.2 Å². The van der Waals surface area contributed by atoms with Gasteiger partial charge in [0.2, 0.25) is 17.7 Å². The number of ether oxygens (including phenoxy) is 2. The number of nitrogens with one attached hydrogen (secondary N) is 2. The smallest absolute Gasteiger partial charge is 0.281 e. The summed E-state index contributed by atoms with van der Waals surface area (Å²) in [5.41, 5.74) is 4.00. The van der Waals surface area contributed by atoms with Crippen LogP contribution in [0.1, 0.15) is 195 Å². The second-order valence-electron chi connectivity index (χ2n) is 29.0. The molecule has 1 saturated heterocycles. The number of hydrogen-bond acceptors (Lipinski definition) is 10. The van der Waals surface area contributed by atoms with Crippen LogP contribution in [0, 0.1) is 51.8 Å². The second kappa shape index (κ2) is 27.7. The van der Waals surface area contributed by atoms with E-state index in [2.05, 4.69) is 75.3 Å². The van der Waals surface area contributed by atoms with Crippen molar-refractivity contribution in [2.24, 2.45) is 58.8 Å². The molecule has 1 aliphatic heterocycles. The number of carbonyl (C=O) groups is 3. The lowest BCUT2D eigenvalue weighted by Gasteiger charge is -2.58. The number of aliphatic hydroxyl groups excluding tert-OH is 1. The molecule has 2 unspecified atom stereocenters. The first-order chi connectivity index (χ1) is 40.9. The number of fused-ring (bicyclic) bond motifs is 6. The lowest BCUT2D eigenvalue weighted by molar-refractivity contribution is -0.136. The molecule has 2 aromatic carbocycles. The number of carbonyl (C=O) groups excluding carboxylic acids is 3. The fourth-order valence-corrected chi connectivity index (χ4v) is 16.6. The molecule has 11 atom stereocenters. The van der Waals surface area contributed by atoms with Gasteiger partial charge in [-0.2, -0.15) is 5.10 Å². The minimum absolute atomic E-state index is 0.0353. The van der Waals surface area contributed by atoms with Crippen LogP contribution in [0.5, 0.6) is 0 Å². The van der Waals surface area contributed by atoms with E-state index in [0.29, 0.717) is 99.5 Å². The number of amides is 3. The van der Waals surface area contributed by atoms with Gasteiger partial charge in [0.25, 0.3) is 5.56 Å². The molecule has 0 spiro atoms. The zero-order valence-corrected chi connectivity index (χ0v) is 53.9. The minimum atomic E-state index is -1.17. The lowest BCUT2D eigenvalue weighted by Crippen LogP contribution is -2.50. The van der Waals surface area contributed by atoms with Crippen molar-refractivity contribution in [1.29, 1.82) is 0 Å². The molecule has 4 aromatic rings. The Morgan fingerprint density at radius 3 is 2.35 bits per heavy atom. The SMILES string of the molecule is CCC(C)(CCOC(C)(C)CCCNC(=O)COCC(C)CCC[C@H](C)[C@@H]1CC[C@@H]2[C@H]3CC=C4C[C@H](O)CC[C@@]4(C)[C@@H]3CC[C@]21C)C(=O)NCc1ccc(-c2c3ncn(CC4(O)CCN(C(=O)C[C@@H](C)c5ccccc5)CC4)c(=O)c3nn2C)cc1. The number of aromatic nitrogens is 4. The van der Waals surface area contributed by atoms with E-state index in [-0.39, 0.29) is 54.0 Å². The van der Waals surface area contributed by atoms with E-state index in [4.69, 9.17) is 9.47 Å². The molecule has 4 aliphatic carbocycles. The molecular weight excluding hydrogens is 1080 g/mol. The summed E-state index contributed by atoms with van der Waals surface area (Å²) in [4.78, 5) is 60.0. The fraction of sp³-hybridized carbons (Fsp3) is 0.690. The number of rotatable bonds is 27. The summed E-state index contributed by atoms with van der Waals surface area (Å²) < 4.78 is 15.4. The van der Waals surface area contributed by atoms with E-state index in [1.807, 2.05) is 73.3 Å². The van der Waals surface area contributed by atoms with Crippen molar-refractivity contribution in [3.8, 4) is 11.3 Å². The molecule has 5 aliphatic rings. The monoisotopic (exact) mass is 1180 g/mol. The van der Waals surface area contributed by atoms with Crippen molar-refractivity contribution < 1.29 is 34.1 Å². The van der Waals surface area contributed by atoms with Gasteiger partial charge in [0.15, 0.2) is 5.52 Å². The van der Waals surface area contributed by atoms with Crippen molar-refractivity contribution in [3.63, 3.8) is 0 Å². The second-order valence-corrected chi connectivity index (χ2v) is 29.0. The zero-order valence-electron chi connectivity index (χ0n) is 53.9. The average Bonchev–Trinajstić information content (AvgIpc) is 1.47. The number of likely N-dealkylation sites (tertiary alicyclic amines) is 1. The number of allylic oxidation sites excluding steroid dienone is 1. The minimum Gasteiger partial charge on any atom is -0.393 e. The lowest BCUT2D eigenvalue weighted by atomic mass is 9.47. The summed E-state index contributed by atoms with van der Waals surface area (Å²) in [7, 11) is 1.78. The van der Waals surface area contributed by atoms with Crippen LogP contribution in [0.2, 0.25) is 0 Å². The summed E-state index contributed by atoms with van der Waals surface area (Å²) in [5, 5.41) is 32.8. The topological polar surface area (TPSA) is 190 Å². The van der Waals surface area contributed by atoms with E-state index in [1.54, 1.807) is 17.3 Å². The van der Waals surface area contributed by atoms with Gasteiger partial charge in [-0.05, 0) is 174 Å². The van der Waals surface area contributed by atoms with Gasteiger partial charge in [0.1, 0.15) is 12.1 Å². The molecular formula is C71H105N7O8. The molecule has 4 fully saturated rings.